The molecule has 6 nitrogen and oxygen atoms in total. The van der Waals surface area contributed by atoms with Crippen molar-refractivity contribution in [3.8, 4) is 17.3 Å². The van der Waals surface area contributed by atoms with Crippen molar-refractivity contribution in [1.82, 2.24) is 24.1 Å². The fourth-order valence-electron chi connectivity index (χ4n) is 3.56. The molecule has 1 fully saturated rings. The first kappa shape index (κ1) is 14.5. The molecule has 0 bridgehead atoms. The molecular formula is C19H19N5O. The largest absolute Gasteiger partial charge is 0.494 e. The number of rotatable bonds is 4. The van der Waals surface area contributed by atoms with E-state index in [0.717, 1.165) is 51.8 Å². The number of aryl methyl sites for hydroxylation is 1. The van der Waals surface area contributed by atoms with Crippen LogP contribution in [0.15, 0.2) is 36.8 Å². The monoisotopic (exact) mass is 333 g/mol. The van der Waals surface area contributed by atoms with Crippen LogP contribution in [0, 0.1) is 5.92 Å². The third kappa shape index (κ3) is 2.21. The lowest BCUT2D eigenvalue weighted by Crippen LogP contribution is -2.05. The Labute approximate surface area is 145 Å². The zero-order valence-electron chi connectivity index (χ0n) is 14.3. The number of fused-ring (bicyclic) bond motifs is 2. The van der Waals surface area contributed by atoms with Crippen LogP contribution in [-0.4, -0.2) is 31.2 Å². The van der Waals surface area contributed by atoms with Crippen LogP contribution in [0.25, 0.3) is 33.6 Å². The van der Waals surface area contributed by atoms with Crippen molar-refractivity contribution in [3.05, 3.63) is 36.8 Å². The molecular weight excluding hydrogens is 314 g/mol. The van der Waals surface area contributed by atoms with E-state index in [1.807, 2.05) is 31.4 Å². The van der Waals surface area contributed by atoms with E-state index in [9.17, 15) is 0 Å². The number of hydrogen-bond donors (Lipinski definition) is 0. The summed E-state index contributed by atoms with van der Waals surface area (Å²) in [6.45, 7) is 0.982. The Hall–Kier alpha value is -2.89. The van der Waals surface area contributed by atoms with Gasteiger partial charge in [-0.15, -0.1) is 0 Å². The van der Waals surface area contributed by atoms with Crippen LogP contribution in [0.4, 0.5) is 0 Å². The van der Waals surface area contributed by atoms with E-state index in [1.54, 1.807) is 13.4 Å². The van der Waals surface area contributed by atoms with Crippen molar-refractivity contribution in [2.45, 2.75) is 19.4 Å². The molecule has 0 unspecified atom stereocenters. The molecule has 4 aromatic rings. The SMILES string of the molecule is COc1cccc2nc(-c3cc4cncnc4n3CC3CC3)n(C)c12. The third-order valence-corrected chi connectivity index (χ3v) is 5.00. The number of para-hydroxylation sites is 1. The molecule has 1 aliphatic rings. The van der Waals surface area contributed by atoms with Gasteiger partial charge in [0.1, 0.15) is 23.2 Å². The maximum absolute atomic E-state index is 5.53. The second-order valence-corrected chi connectivity index (χ2v) is 6.71. The lowest BCUT2D eigenvalue weighted by atomic mass is 10.3. The van der Waals surface area contributed by atoms with Gasteiger partial charge < -0.3 is 13.9 Å². The molecule has 1 aliphatic carbocycles. The van der Waals surface area contributed by atoms with Gasteiger partial charge in [-0.1, -0.05) is 6.07 Å². The highest BCUT2D eigenvalue weighted by molar-refractivity contribution is 5.88. The first-order valence-electron chi connectivity index (χ1n) is 8.55. The molecule has 0 N–H and O–H groups in total. The lowest BCUT2D eigenvalue weighted by molar-refractivity contribution is 0.418. The fraction of sp³-hybridized carbons (Fsp3) is 0.316. The van der Waals surface area contributed by atoms with Gasteiger partial charge in [0.2, 0.25) is 0 Å². The van der Waals surface area contributed by atoms with Crippen molar-refractivity contribution in [2.24, 2.45) is 13.0 Å². The summed E-state index contributed by atoms with van der Waals surface area (Å²) in [6, 6.07) is 8.11. The normalized spacial score (nSPS) is 14.5. The van der Waals surface area contributed by atoms with Crippen molar-refractivity contribution < 1.29 is 4.74 Å². The van der Waals surface area contributed by atoms with Crippen molar-refractivity contribution in [2.75, 3.05) is 7.11 Å². The fourth-order valence-corrected chi connectivity index (χ4v) is 3.56. The van der Waals surface area contributed by atoms with Crippen LogP contribution in [0.3, 0.4) is 0 Å². The molecule has 3 aromatic heterocycles. The minimum absolute atomic E-state index is 0.744. The van der Waals surface area contributed by atoms with Crippen molar-refractivity contribution in [3.63, 3.8) is 0 Å². The van der Waals surface area contributed by atoms with Gasteiger partial charge in [-0.3, -0.25) is 0 Å². The molecule has 0 aliphatic heterocycles. The van der Waals surface area contributed by atoms with Gasteiger partial charge in [0, 0.05) is 25.2 Å². The van der Waals surface area contributed by atoms with E-state index < -0.39 is 0 Å². The lowest BCUT2D eigenvalue weighted by Gasteiger charge is -2.10. The minimum atomic E-state index is 0.744. The Balaban J connectivity index is 1.78. The van der Waals surface area contributed by atoms with Crippen LogP contribution in [0.2, 0.25) is 0 Å². The molecule has 1 saturated carbocycles. The molecule has 0 amide bonds. The van der Waals surface area contributed by atoms with E-state index in [0.29, 0.717) is 0 Å². The standard InChI is InChI=1S/C19H19N5O/c1-23-17-14(4-3-5-16(17)25-2)22-19(23)15-8-13-9-20-11-21-18(13)24(15)10-12-6-7-12/h3-5,8-9,11-12H,6-7,10H2,1-2H3. The number of hydrogen-bond acceptors (Lipinski definition) is 4. The van der Waals surface area contributed by atoms with Crippen LogP contribution >= 0.6 is 0 Å². The second-order valence-electron chi connectivity index (χ2n) is 6.71. The minimum Gasteiger partial charge on any atom is -0.494 e. The molecule has 0 atom stereocenters. The molecule has 3 heterocycles. The highest BCUT2D eigenvalue weighted by atomic mass is 16.5. The van der Waals surface area contributed by atoms with Crippen LogP contribution in [0.1, 0.15) is 12.8 Å². The van der Waals surface area contributed by atoms with Crippen molar-refractivity contribution >= 4 is 22.1 Å². The van der Waals surface area contributed by atoms with Crippen LogP contribution in [0.5, 0.6) is 5.75 Å². The van der Waals surface area contributed by atoms with Gasteiger partial charge in [-0.2, -0.15) is 0 Å². The summed E-state index contributed by atoms with van der Waals surface area (Å²) in [5.74, 6) is 2.51. The quantitative estimate of drug-likeness (QED) is 0.574. The average molecular weight is 333 g/mol. The summed E-state index contributed by atoms with van der Waals surface area (Å²) in [5, 5.41) is 1.05. The van der Waals surface area contributed by atoms with E-state index >= 15 is 0 Å². The maximum Gasteiger partial charge on any atom is 0.157 e. The molecule has 0 spiro atoms. The number of ether oxygens (including phenoxy) is 1. The van der Waals surface area contributed by atoms with E-state index in [1.165, 1.54) is 12.8 Å². The molecule has 126 valence electrons. The first-order chi connectivity index (χ1) is 12.3. The molecule has 6 heteroatoms. The van der Waals surface area contributed by atoms with E-state index in [2.05, 4.69) is 25.2 Å². The Morgan fingerprint density at radius 3 is 2.96 bits per heavy atom. The number of aromatic nitrogens is 5. The number of imidazole rings is 1. The predicted molar refractivity (Wildman–Crippen MR) is 96.5 cm³/mol. The Kier molecular flexibility index (Phi) is 3.07. The predicted octanol–water partition coefficient (Wildman–Crippen LogP) is 3.40. The molecule has 5 rings (SSSR count). The Bertz CT molecular complexity index is 1090. The first-order valence-corrected chi connectivity index (χ1v) is 8.55. The Morgan fingerprint density at radius 1 is 1.28 bits per heavy atom. The summed E-state index contributed by atoms with van der Waals surface area (Å²) in [6.07, 6.45) is 6.08. The van der Waals surface area contributed by atoms with Gasteiger partial charge in [-0.05, 0) is 37.0 Å². The topological polar surface area (TPSA) is 57.8 Å². The number of methoxy groups -OCH3 is 1. The summed E-state index contributed by atoms with van der Waals surface area (Å²) in [5.41, 5.74) is 4.01. The van der Waals surface area contributed by atoms with Gasteiger partial charge in [-0.25, -0.2) is 15.0 Å². The molecule has 25 heavy (non-hydrogen) atoms. The average Bonchev–Trinajstić information content (AvgIpc) is 3.30. The van der Waals surface area contributed by atoms with Gasteiger partial charge >= 0.3 is 0 Å². The number of benzene rings is 1. The highest BCUT2D eigenvalue weighted by Crippen LogP contribution is 2.36. The summed E-state index contributed by atoms with van der Waals surface area (Å²) >= 11 is 0. The molecule has 1 aromatic carbocycles. The van der Waals surface area contributed by atoms with E-state index in [4.69, 9.17) is 9.72 Å². The smallest absolute Gasteiger partial charge is 0.157 e. The summed E-state index contributed by atoms with van der Waals surface area (Å²) < 4.78 is 9.94. The van der Waals surface area contributed by atoms with Gasteiger partial charge in [0.05, 0.1) is 18.3 Å². The summed E-state index contributed by atoms with van der Waals surface area (Å²) in [7, 11) is 3.74. The molecule has 0 saturated heterocycles. The van der Waals surface area contributed by atoms with E-state index in [-0.39, 0.29) is 0 Å². The van der Waals surface area contributed by atoms with Crippen LogP contribution < -0.4 is 4.74 Å². The maximum atomic E-state index is 5.53. The van der Waals surface area contributed by atoms with Crippen LogP contribution in [-0.2, 0) is 13.6 Å². The van der Waals surface area contributed by atoms with Crippen molar-refractivity contribution in [1.29, 1.82) is 0 Å². The highest BCUT2D eigenvalue weighted by Gasteiger charge is 2.26. The second kappa shape index (κ2) is 5.31. The zero-order valence-corrected chi connectivity index (χ0v) is 14.3. The summed E-state index contributed by atoms with van der Waals surface area (Å²) in [4.78, 5) is 13.6. The van der Waals surface area contributed by atoms with Gasteiger partial charge in [0.15, 0.2) is 5.82 Å². The zero-order chi connectivity index (χ0) is 17.0. The third-order valence-electron chi connectivity index (χ3n) is 5.00. The molecule has 0 radical (unpaired) electrons. The Morgan fingerprint density at radius 2 is 2.16 bits per heavy atom. The number of nitrogens with zero attached hydrogens (tertiary/aromatic N) is 5. The van der Waals surface area contributed by atoms with Gasteiger partial charge in [0.25, 0.3) is 0 Å².